The molecule has 1 aromatic heterocycles. The maximum atomic E-state index is 13.1. The van der Waals surface area contributed by atoms with Crippen LogP contribution in [-0.4, -0.2) is 18.2 Å². The molecule has 20 heavy (non-hydrogen) atoms. The Kier molecular flexibility index (Phi) is 4.38. The Hall–Kier alpha value is -1.49. The monoisotopic (exact) mass is 284 g/mol. The molecule has 2 aromatic rings. The Morgan fingerprint density at radius 1 is 1.25 bits per heavy atom. The third kappa shape index (κ3) is 2.82. The van der Waals surface area contributed by atoms with E-state index in [-0.39, 0.29) is 0 Å². The highest BCUT2D eigenvalue weighted by Gasteiger charge is 2.33. The average molecular weight is 284 g/mol. The summed E-state index contributed by atoms with van der Waals surface area (Å²) >= 11 is 0. The van der Waals surface area contributed by atoms with E-state index in [1.165, 1.54) is 6.07 Å². The molecule has 1 N–H and O–H groups in total. The second-order valence-corrected chi connectivity index (χ2v) is 4.83. The third-order valence-corrected chi connectivity index (χ3v) is 3.49. The minimum Gasteiger partial charge on any atom is -0.344 e. The zero-order valence-corrected chi connectivity index (χ0v) is 11.7. The fourth-order valence-electron chi connectivity index (χ4n) is 2.62. The molecule has 5 heteroatoms. The summed E-state index contributed by atoms with van der Waals surface area (Å²) in [6.45, 7) is 3.29. The van der Waals surface area contributed by atoms with Gasteiger partial charge in [0.1, 0.15) is 0 Å². The lowest BCUT2D eigenvalue weighted by atomic mass is 10.1. The van der Waals surface area contributed by atoms with Crippen molar-refractivity contribution in [2.45, 2.75) is 32.5 Å². The van der Waals surface area contributed by atoms with Crippen molar-refractivity contribution in [3.05, 3.63) is 35.5 Å². The smallest absolute Gasteiger partial charge is 0.344 e. The van der Waals surface area contributed by atoms with Gasteiger partial charge in [0.05, 0.1) is 11.1 Å². The second-order valence-electron chi connectivity index (χ2n) is 4.83. The number of hydrogen-bond donors (Lipinski definition) is 1. The molecule has 0 aliphatic carbocycles. The molecule has 0 aliphatic rings. The van der Waals surface area contributed by atoms with Gasteiger partial charge < -0.3 is 9.88 Å². The van der Waals surface area contributed by atoms with E-state index < -0.39 is 11.7 Å². The van der Waals surface area contributed by atoms with Crippen LogP contribution in [0.15, 0.2) is 24.3 Å². The van der Waals surface area contributed by atoms with Crippen LogP contribution in [0.25, 0.3) is 10.9 Å². The Balaban J connectivity index is 2.52. The fourth-order valence-corrected chi connectivity index (χ4v) is 2.62. The number of nitrogens with one attached hydrogen (secondary N) is 1. The molecular weight excluding hydrogens is 265 g/mol. The Morgan fingerprint density at radius 3 is 2.60 bits per heavy atom. The molecule has 0 unspecified atom stereocenters. The SMILES string of the molecule is CCn1c(CCCNC)cc2cccc(C(F)(F)F)c21. The molecule has 2 rings (SSSR count). The number of halogens is 3. The molecule has 2 nitrogen and oxygen atoms in total. The standard InChI is InChI=1S/C15H19F3N2/c1-3-20-12(7-5-9-19-2)10-11-6-4-8-13(14(11)20)15(16,17)18/h4,6,8,10,19H,3,5,7,9H2,1-2H3. The summed E-state index contributed by atoms with van der Waals surface area (Å²) in [5.74, 6) is 0. The number of rotatable bonds is 5. The summed E-state index contributed by atoms with van der Waals surface area (Å²) in [5.41, 5.74) is 0.730. The molecule has 0 fully saturated rings. The van der Waals surface area contributed by atoms with E-state index in [9.17, 15) is 13.2 Å². The highest BCUT2D eigenvalue weighted by atomic mass is 19.4. The van der Waals surface area contributed by atoms with Crippen molar-refractivity contribution in [1.29, 1.82) is 0 Å². The highest BCUT2D eigenvalue weighted by Crippen LogP contribution is 2.36. The minimum atomic E-state index is -4.31. The molecule has 0 saturated heterocycles. The first-order valence-corrected chi connectivity index (χ1v) is 6.82. The molecule has 0 radical (unpaired) electrons. The first-order chi connectivity index (χ1) is 9.49. The van der Waals surface area contributed by atoms with Crippen LogP contribution in [0.3, 0.4) is 0 Å². The van der Waals surface area contributed by atoms with E-state index in [4.69, 9.17) is 0 Å². The summed E-state index contributed by atoms with van der Waals surface area (Å²) in [6, 6.07) is 6.26. The summed E-state index contributed by atoms with van der Waals surface area (Å²) in [4.78, 5) is 0. The van der Waals surface area contributed by atoms with Gasteiger partial charge in [-0.25, -0.2) is 0 Å². The summed E-state index contributed by atoms with van der Waals surface area (Å²) in [5, 5.41) is 3.72. The van der Waals surface area contributed by atoms with Crippen LogP contribution in [0.5, 0.6) is 0 Å². The van der Waals surface area contributed by atoms with Crippen LogP contribution in [0, 0.1) is 0 Å². The van der Waals surface area contributed by atoms with Crippen LogP contribution >= 0.6 is 0 Å². The minimum absolute atomic E-state index is 0.307. The first kappa shape index (κ1) is 14.9. The number of para-hydroxylation sites is 1. The lowest BCUT2D eigenvalue weighted by molar-refractivity contribution is -0.136. The van der Waals surface area contributed by atoms with Crippen LogP contribution in [-0.2, 0) is 19.1 Å². The summed E-state index contributed by atoms with van der Waals surface area (Å²) in [7, 11) is 1.87. The van der Waals surface area contributed by atoms with E-state index >= 15 is 0 Å². The molecular formula is C15H19F3N2. The largest absolute Gasteiger partial charge is 0.418 e. The van der Waals surface area contributed by atoms with Gasteiger partial charge in [0.25, 0.3) is 0 Å². The second kappa shape index (κ2) is 5.87. The molecule has 0 bridgehead atoms. The molecule has 1 aromatic carbocycles. The number of benzene rings is 1. The van der Waals surface area contributed by atoms with Crippen molar-refractivity contribution in [2.75, 3.05) is 13.6 Å². The van der Waals surface area contributed by atoms with Gasteiger partial charge in [-0.05, 0) is 45.5 Å². The van der Waals surface area contributed by atoms with Gasteiger partial charge in [0, 0.05) is 17.6 Å². The van der Waals surface area contributed by atoms with Crippen LogP contribution < -0.4 is 5.32 Å². The van der Waals surface area contributed by atoms with Gasteiger partial charge in [0.15, 0.2) is 0 Å². The zero-order valence-electron chi connectivity index (χ0n) is 11.7. The van der Waals surface area contributed by atoms with E-state index in [2.05, 4.69) is 5.32 Å². The highest BCUT2D eigenvalue weighted by molar-refractivity contribution is 5.85. The number of aryl methyl sites for hydroxylation is 2. The Morgan fingerprint density at radius 2 is 2.00 bits per heavy atom. The number of alkyl halides is 3. The number of nitrogens with zero attached hydrogens (tertiary/aromatic N) is 1. The predicted molar refractivity (Wildman–Crippen MR) is 74.9 cm³/mol. The van der Waals surface area contributed by atoms with Crippen molar-refractivity contribution < 1.29 is 13.2 Å². The average Bonchev–Trinajstić information content (AvgIpc) is 2.75. The summed E-state index contributed by atoms with van der Waals surface area (Å²) in [6.07, 6.45) is -2.62. The van der Waals surface area contributed by atoms with Crippen molar-refractivity contribution in [2.24, 2.45) is 0 Å². The van der Waals surface area contributed by atoms with Crippen molar-refractivity contribution >= 4 is 10.9 Å². The number of fused-ring (bicyclic) bond motifs is 1. The maximum absolute atomic E-state index is 13.1. The number of hydrogen-bond acceptors (Lipinski definition) is 1. The van der Waals surface area contributed by atoms with E-state index in [0.29, 0.717) is 17.4 Å². The van der Waals surface area contributed by atoms with Crippen molar-refractivity contribution in [1.82, 2.24) is 9.88 Å². The molecule has 0 amide bonds. The first-order valence-electron chi connectivity index (χ1n) is 6.82. The normalized spacial score (nSPS) is 12.2. The van der Waals surface area contributed by atoms with Gasteiger partial charge in [-0.2, -0.15) is 13.2 Å². The van der Waals surface area contributed by atoms with Crippen LogP contribution in [0.4, 0.5) is 13.2 Å². The molecule has 0 atom stereocenters. The summed E-state index contributed by atoms with van der Waals surface area (Å²) < 4.78 is 41.2. The third-order valence-electron chi connectivity index (χ3n) is 3.49. The molecule has 110 valence electrons. The molecule has 0 aliphatic heterocycles. The molecule has 0 spiro atoms. The van der Waals surface area contributed by atoms with E-state index in [1.807, 2.05) is 20.0 Å². The maximum Gasteiger partial charge on any atom is 0.418 e. The quantitative estimate of drug-likeness (QED) is 0.826. The Labute approximate surface area is 116 Å². The van der Waals surface area contributed by atoms with Crippen LogP contribution in [0.1, 0.15) is 24.6 Å². The van der Waals surface area contributed by atoms with E-state index in [0.717, 1.165) is 31.1 Å². The van der Waals surface area contributed by atoms with E-state index in [1.54, 1.807) is 10.6 Å². The molecule has 1 heterocycles. The predicted octanol–water partition coefficient (Wildman–Crippen LogP) is 3.83. The fraction of sp³-hybridized carbons (Fsp3) is 0.467. The lowest BCUT2D eigenvalue weighted by Gasteiger charge is -2.13. The van der Waals surface area contributed by atoms with Gasteiger partial charge in [-0.1, -0.05) is 12.1 Å². The van der Waals surface area contributed by atoms with Gasteiger partial charge in [0.2, 0.25) is 0 Å². The number of aromatic nitrogens is 1. The zero-order chi connectivity index (χ0) is 14.8. The Bertz CT molecular complexity index is 585. The van der Waals surface area contributed by atoms with Crippen LogP contribution in [0.2, 0.25) is 0 Å². The van der Waals surface area contributed by atoms with Gasteiger partial charge >= 0.3 is 6.18 Å². The van der Waals surface area contributed by atoms with Gasteiger partial charge in [-0.15, -0.1) is 0 Å². The van der Waals surface area contributed by atoms with Gasteiger partial charge in [-0.3, -0.25) is 0 Å². The van der Waals surface area contributed by atoms with Crippen molar-refractivity contribution in [3.63, 3.8) is 0 Å². The molecule has 0 saturated carbocycles. The lowest BCUT2D eigenvalue weighted by Crippen LogP contribution is -2.11. The topological polar surface area (TPSA) is 17.0 Å². The van der Waals surface area contributed by atoms with Crippen molar-refractivity contribution in [3.8, 4) is 0 Å².